The van der Waals surface area contributed by atoms with E-state index in [9.17, 15) is 9.90 Å². The number of aliphatic hydroxyl groups is 1. The van der Waals surface area contributed by atoms with Crippen molar-refractivity contribution < 1.29 is 14.6 Å². The first-order chi connectivity index (χ1) is 10.2. The van der Waals surface area contributed by atoms with Crippen LogP contribution in [0.3, 0.4) is 0 Å². The fourth-order valence-electron chi connectivity index (χ4n) is 3.24. The zero-order valence-electron chi connectivity index (χ0n) is 12.9. The zero-order valence-corrected chi connectivity index (χ0v) is 12.9. The van der Waals surface area contributed by atoms with Crippen molar-refractivity contribution in [3.63, 3.8) is 0 Å². The SMILES string of the molecule is CCC(c1ccccc1)N1CCC(C(O)C(=O)OC)CC1. The molecule has 116 valence electrons. The molecule has 0 aliphatic carbocycles. The maximum atomic E-state index is 11.4. The Bertz CT molecular complexity index is 441. The molecule has 1 aliphatic heterocycles. The molecule has 4 heteroatoms. The van der Waals surface area contributed by atoms with Crippen molar-refractivity contribution in [2.45, 2.75) is 38.3 Å². The van der Waals surface area contributed by atoms with E-state index in [1.54, 1.807) is 0 Å². The van der Waals surface area contributed by atoms with Crippen molar-refractivity contribution in [3.05, 3.63) is 35.9 Å². The summed E-state index contributed by atoms with van der Waals surface area (Å²) in [7, 11) is 1.32. The van der Waals surface area contributed by atoms with Crippen LogP contribution in [0.25, 0.3) is 0 Å². The molecular weight excluding hydrogens is 266 g/mol. The average molecular weight is 291 g/mol. The van der Waals surface area contributed by atoms with Gasteiger partial charge in [0.1, 0.15) is 0 Å². The molecule has 0 saturated carbocycles. The van der Waals surface area contributed by atoms with Gasteiger partial charge >= 0.3 is 5.97 Å². The lowest BCUT2D eigenvalue weighted by Crippen LogP contribution is -2.42. The molecule has 1 N–H and O–H groups in total. The smallest absolute Gasteiger partial charge is 0.334 e. The Kier molecular flexibility index (Phi) is 5.76. The topological polar surface area (TPSA) is 49.8 Å². The molecule has 1 saturated heterocycles. The van der Waals surface area contributed by atoms with Crippen molar-refractivity contribution in [1.29, 1.82) is 0 Å². The van der Waals surface area contributed by atoms with Gasteiger partial charge in [0.25, 0.3) is 0 Å². The summed E-state index contributed by atoms with van der Waals surface area (Å²) in [5.41, 5.74) is 1.34. The Morgan fingerprint density at radius 2 is 1.95 bits per heavy atom. The van der Waals surface area contributed by atoms with E-state index in [-0.39, 0.29) is 5.92 Å². The number of hydrogen-bond acceptors (Lipinski definition) is 4. The zero-order chi connectivity index (χ0) is 15.2. The number of likely N-dealkylation sites (tertiary alicyclic amines) is 1. The minimum atomic E-state index is -0.978. The minimum Gasteiger partial charge on any atom is -0.467 e. The molecule has 1 fully saturated rings. The van der Waals surface area contributed by atoms with E-state index >= 15 is 0 Å². The van der Waals surface area contributed by atoms with Gasteiger partial charge in [0, 0.05) is 6.04 Å². The minimum absolute atomic E-state index is 0.0157. The van der Waals surface area contributed by atoms with E-state index < -0.39 is 12.1 Å². The average Bonchev–Trinajstić information content (AvgIpc) is 2.56. The van der Waals surface area contributed by atoms with Crippen LogP contribution >= 0.6 is 0 Å². The Labute approximate surface area is 126 Å². The number of benzene rings is 1. The monoisotopic (exact) mass is 291 g/mol. The van der Waals surface area contributed by atoms with Gasteiger partial charge in [-0.15, -0.1) is 0 Å². The number of rotatable bonds is 5. The number of piperidine rings is 1. The van der Waals surface area contributed by atoms with Crippen LogP contribution in [0.5, 0.6) is 0 Å². The van der Waals surface area contributed by atoms with Crippen molar-refractivity contribution in [2.75, 3.05) is 20.2 Å². The molecule has 2 unspecified atom stereocenters. The van der Waals surface area contributed by atoms with Gasteiger partial charge in [0.2, 0.25) is 0 Å². The summed E-state index contributed by atoms with van der Waals surface area (Å²) in [5, 5.41) is 9.95. The maximum Gasteiger partial charge on any atom is 0.334 e. The van der Waals surface area contributed by atoms with Gasteiger partial charge in [-0.3, -0.25) is 4.90 Å². The van der Waals surface area contributed by atoms with Crippen LogP contribution in [0.15, 0.2) is 30.3 Å². The van der Waals surface area contributed by atoms with Gasteiger partial charge in [-0.2, -0.15) is 0 Å². The highest BCUT2D eigenvalue weighted by Crippen LogP contribution is 2.30. The van der Waals surface area contributed by atoms with Gasteiger partial charge in [-0.25, -0.2) is 4.79 Å². The number of nitrogens with zero attached hydrogens (tertiary/aromatic N) is 1. The first kappa shape index (κ1) is 16.0. The number of hydrogen-bond donors (Lipinski definition) is 1. The summed E-state index contributed by atoms with van der Waals surface area (Å²) in [6.45, 7) is 4.02. The summed E-state index contributed by atoms with van der Waals surface area (Å²) in [6.07, 6.45) is 1.75. The summed E-state index contributed by atoms with van der Waals surface area (Å²) in [6, 6.07) is 10.9. The number of carbonyl (C=O) groups is 1. The van der Waals surface area contributed by atoms with E-state index in [0.29, 0.717) is 6.04 Å². The van der Waals surface area contributed by atoms with Gasteiger partial charge in [-0.1, -0.05) is 37.3 Å². The first-order valence-corrected chi connectivity index (χ1v) is 7.72. The molecule has 0 spiro atoms. The lowest BCUT2D eigenvalue weighted by atomic mass is 9.89. The second kappa shape index (κ2) is 7.57. The van der Waals surface area contributed by atoms with E-state index in [4.69, 9.17) is 0 Å². The Morgan fingerprint density at radius 3 is 2.48 bits per heavy atom. The first-order valence-electron chi connectivity index (χ1n) is 7.72. The fraction of sp³-hybridized carbons (Fsp3) is 0.588. The number of ether oxygens (including phenoxy) is 1. The van der Waals surface area contributed by atoms with Crippen LogP contribution in [0.4, 0.5) is 0 Å². The van der Waals surface area contributed by atoms with Crippen molar-refractivity contribution in [3.8, 4) is 0 Å². The highest BCUT2D eigenvalue weighted by Gasteiger charge is 2.32. The van der Waals surface area contributed by atoms with Crippen LogP contribution in [-0.4, -0.2) is 42.3 Å². The summed E-state index contributed by atoms with van der Waals surface area (Å²) < 4.78 is 4.63. The third-order valence-corrected chi connectivity index (χ3v) is 4.48. The molecule has 0 bridgehead atoms. The fourth-order valence-corrected chi connectivity index (χ4v) is 3.24. The number of esters is 1. The molecule has 1 heterocycles. The second-order valence-corrected chi connectivity index (χ2v) is 5.68. The highest BCUT2D eigenvalue weighted by atomic mass is 16.5. The Balaban J connectivity index is 1.95. The number of methoxy groups -OCH3 is 1. The third kappa shape index (κ3) is 3.83. The van der Waals surface area contributed by atoms with E-state index in [2.05, 4.69) is 40.8 Å². The standard InChI is InChI=1S/C17H25NO3/c1-3-15(13-7-5-4-6-8-13)18-11-9-14(10-12-18)16(19)17(20)21-2/h4-8,14-16,19H,3,9-12H2,1-2H3. The second-order valence-electron chi connectivity index (χ2n) is 5.68. The van der Waals surface area contributed by atoms with Crippen LogP contribution in [0.1, 0.15) is 37.8 Å². The highest BCUT2D eigenvalue weighted by molar-refractivity contribution is 5.74. The summed E-state index contributed by atoms with van der Waals surface area (Å²) in [5.74, 6) is -0.495. The molecule has 0 radical (unpaired) electrons. The van der Waals surface area contributed by atoms with E-state index in [1.165, 1.54) is 12.7 Å². The van der Waals surface area contributed by atoms with Gasteiger partial charge in [0.05, 0.1) is 7.11 Å². The quantitative estimate of drug-likeness (QED) is 0.846. The largest absolute Gasteiger partial charge is 0.467 e. The molecule has 1 aromatic rings. The molecule has 1 aliphatic rings. The molecule has 2 rings (SSSR count). The van der Waals surface area contributed by atoms with Gasteiger partial charge < -0.3 is 9.84 Å². The van der Waals surface area contributed by atoms with Gasteiger partial charge in [-0.05, 0) is 43.8 Å². The number of carbonyl (C=O) groups excluding carboxylic acids is 1. The Hall–Kier alpha value is -1.39. The van der Waals surface area contributed by atoms with Gasteiger partial charge in [0.15, 0.2) is 6.10 Å². The van der Waals surface area contributed by atoms with E-state index in [0.717, 1.165) is 32.4 Å². The van der Waals surface area contributed by atoms with Crippen molar-refractivity contribution in [2.24, 2.45) is 5.92 Å². The Morgan fingerprint density at radius 1 is 1.33 bits per heavy atom. The molecule has 2 atom stereocenters. The van der Waals surface area contributed by atoms with Crippen molar-refractivity contribution >= 4 is 5.97 Å². The molecule has 0 amide bonds. The summed E-state index contributed by atoms with van der Waals surface area (Å²) >= 11 is 0. The summed E-state index contributed by atoms with van der Waals surface area (Å²) in [4.78, 5) is 13.9. The third-order valence-electron chi connectivity index (χ3n) is 4.48. The number of aliphatic hydroxyl groups excluding tert-OH is 1. The molecule has 21 heavy (non-hydrogen) atoms. The molecule has 1 aromatic carbocycles. The van der Waals surface area contributed by atoms with Crippen LogP contribution in [0, 0.1) is 5.92 Å². The lowest BCUT2D eigenvalue weighted by molar-refractivity contribution is -0.154. The van der Waals surface area contributed by atoms with Crippen molar-refractivity contribution in [1.82, 2.24) is 4.90 Å². The van der Waals surface area contributed by atoms with E-state index in [1.807, 2.05) is 6.07 Å². The molecule has 0 aromatic heterocycles. The predicted molar refractivity (Wildman–Crippen MR) is 81.8 cm³/mol. The predicted octanol–water partition coefficient (Wildman–Crippen LogP) is 2.38. The maximum absolute atomic E-state index is 11.4. The molecule has 4 nitrogen and oxygen atoms in total. The lowest BCUT2D eigenvalue weighted by Gasteiger charge is -2.38. The normalized spacial score (nSPS) is 20.0. The van der Waals surface area contributed by atoms with Crippen LogP contribution < -0.4 is 0 Å². The van der Waals surface area contributed by atoms with Crippen LogP contribution in [0.2, 0.25) is 0 Å². The molecular formula is C17H25NO3. The van der Waals surface area contributed by atoms with Crippen LogP contribution in [-0.2, 0) is 9.53 Å².